The minimum atomic E-state index is 0.246. The zero-order chi connectivity index (χ0) is 13.7. The average molecular weight is 265 g/mol. The van der Waals surface area contributed by atoms with Crippen LogP contribution in [0.25, 0.3) is 0 Å². The highest BCUT2D eigenvalue weighted by atomic mass is 16.5. The van der Waals surface area contributed by atoms with Crippen LogP contribution in [-0.2, 0) is 6.54 Å². The van der Waals surface area contributed by atoms with Crippen LogP contribution in [0.2, 0.25) is 0 Å². The number of para-hydroxylation sites is 1. The number of ether oxygens (including phenoxy) is 1. The molecule has 2 N–H and O–H groups in total. The van der Waals surface area contributed by atoms with Crippen LogP contribution < -0.4 is 4.74 Å². The van der Waals surface area contributed by atoms with Crippen molar-refractivity contribution in [1.82, 2.24) is 4.90 Å². The van der Waals surface area contributed by atoms with Gasteiger partial charge in [0.05, 0.1) is 6.61 Å². The van der Waals surface area contributed by atoms with Crippen LogP contribution in [0.15, 0.2) is 18.2 Å². The molecule has 1 fully saturated rings. The van der Waals surface area contributed by atoms with Crippen LogP contribution in [0.3, 0.4) is 0 Å². The molecule has 0 bridgehead atoms. The Bertz CT molecular complexity index is 408. The van der Waals surface area contributed by atoms with E-state index in [4.69, 9.17) is 4.74 Å². The molecule has 1 saturated heterocycles. The largest absolute Gasteiger partial charge is 0.504 e. The lowest BCUT2D eigenvalue weighted by molar-refractivity contribution is 0.115. The molecule has 2 rings (SSSR count). The predicted molar refractivity (Wildman–Crippen MR) is 74.4 cm³/mol. The van der Waals surface area contributed by atoms with Gasteiger partial charge in [0.1, 0.15) is 0 Å². The Kier molecular flexibility index (Phi) is 5.05. The van der Waals surface area contributed by atoms with E-state index in [9.17, 15) is 10.2 Å². The molecule has 4 heteroatoms. The van der Waals surface area contributed by atoms with Gasteiger partial charge in [-0.1, -0.05) is 12.1 Å². The van der Waals surface area contributed by atoms with Crippen molar-refractivity contribution in [1.29, 1.82) is 0 Å². The molecule has 0 radical (unpaired) electrons. The highest BCUT2D eigenvalue weighted by molar-refractivity contribution is 5.45. The first-order valence-electron chi connectivity index (χ1n) is 7.01. The van der Waals surface area contributed by atoms with E-state index >= 15 is 0 Å². The molecule has 0 spiro atoms. The number of aliphatic hydroxyl groups excluding tert-OH is 1. The third kappa shape index (κ3) is 3.61. The first-order valence-corrected chi connectivity index (χ1v) is 7.01. The standard InChI is InChI=1S/C15H23NO3/c1-2-19-14-7-3-6-13(15(14)18)10-16-8-4-5-12(9-16)11-17/h3,6-7,12,17-18H,2,4-5,8-11H2,1H3. The Morgan fingerprint density at radius 2 is 2.26 bits per heavy atom. The summed E-state index contributed by atoms with van der Waals surface area (Å²) in [6, 6.07) is 5.63. The van der Waals surface area contributed by atoms with Crippen molar-refractivity contribution in [3.63, 3.8) is 0 Å². The number of nitrogens with zero attached hydrogens (tertiary/aromatic N) is 1. The number of hydrogen-bond donors (Lipinski definition) is 2. The summed E-state index contributed by atoms with van der Waals surface area (Å²) in [6.45, 7) is 5.34. The minimum absolute atomic E-state index is 0.246. The number of benzene rings is 1. The van der Waals surface area contributed by atoms with Crippen LogP contribution in [-0.4, -0.2) is 41.4 Å². The lowest BCUT2D eigenvalue weighted by Crippen LogP contribution is -2.36. The van der Waals surface area contributed by atoms with Crippen LogP contribution in [0.1, 0.15) is 25.3 Å². The number of likely N-dealkylation sites (tertiary alicyclic amines) is 1. The summed E-state index contributed by atoms with van der Waals surface area (Å²) in [5.74, 6) is 1.16. The lowest BCUT2D eigenvalue weighted by atomic mass is 9.98. The van der Waals surface area contributed by atoms with E-state index in [1.165, 1.54) is 0 Å². The van der Waals surface area contributed by atoms with Crippen LogP contribution in [0.4, 0.5) is 0 Å². The maximum Gasteiger partial charge on any atom is 0.162 e. The van der Waals surface area contributed by atoms with Crippen molar-refractivity contribution in [3.05, 3.63) is 23.8 Å². The van der Waals surface area contributed by atoms with Gasteiger partial charge in [0.2, 0.25) is 0 Å². The van der Waals surface area contributed by atoms with Gasteiger partial charge in [-0.25, -0.2) is 0 Å². The molecule has 0 aliphatic carbocycles. The van der Waals surface area contributed by atoms with Gasteiger partial charge in [-0.15, -0.1) is 0 Å². The molecule has 0 saturated carbocycles. The molecule has 0 aromatic heterocycles. The molecular formula is C15H23NO3. The molecular weight excluding hydrogens is 242 g/mol. The highest BCUT2D eigenvalue weighted by Crippen LogP contribution is 2.31. The van der Waals surface area contributed by atoms with Crippen LogP contribution >= 0.6 is 0 Å². The maximum absolute atomic E-state index is 10.2. The quantitative estimate of drug-likeness (QED) is 0.855. The monoisotopic (exact) mass is 265 g/mol. The van der Waals surface area contributed by atoms with Crippen molar-refractivity contribution >= 4 is 0 Å². The molecule has 1 aliphatic heterocycles. The summed E-state index contributed by atoms with van der Waals surface area (Å²) in [7, 11) is 0. The second-order valence-corrected chi connectivity index (χ2v) is 5.12. The Morgan fingerprint density at radius 3 is 3.00 bits per heavy atom. The molecule has 1 aliphatic rings. The van der Waals surface area contributed by atoms with Crippen LogP contribution in [0, 0.1) is 5.92 Å². The van der Waals surface area contributed by atoms with Crippen LogP contribution in [0.5, 0.6) is 11.5 Å². The summed E-state index contributed by atoms with van der Waals surface area (Å²) in [5, 5.41) is 19.4. The zero-order valence-corrected chi connectivity index (χ0v) is 11.5. The first-order chi connectivity index (χ1) is 9.24. The second-order valence-electron chi connectivity index (χ2n) is 5.12. The van der Waals surface area contributed by atoms with E-state index in [1.54, 1.807) is 6.07 Å². The third-order valence-electron chi connectivity index (χ3n) is 3.64. The topological polar surface area (TPSA) is 52.9 Å². The summed E-state index contributed by atoms with van der Waals surface area (Å²) in [4.78, 5) is 2.29. The number of rotatable bonds is 5. The van der Waals surface area contributed by atoms with E-state index in [0.717, 1.165) is 31.5 Å². The number of aromatic hydroxyl groups is 1. The lowest BCUT2D eigenvalue weighted by Gasteiger charge is -2.32. The van der Waals surface area contributed by atoms with Gasteiger partial charge in [-0.3, -0.25) is 4.90 Å². The first kappa shape index (κ1) is 14.2. The molecule has 4 nitrogen and oxygen atoms in total. The zero-order valence-electron chi connectivity index (χ0n) is 11.5. The van der Waals surface area contributed by atoms with Gasteiger partial charge in [-0.05, 0) is 38.3 Å². The molecule has 1 heterocycles. The number of phenols is 1. The van der Waals surface area contributed by atoms with Gasteiger partial charge in [-0.2, -0.15) is 0 Å². The fourth-order valence-corrected chi connectivity index (χ4v) is 2.65. The van der Waals surface area contributed by atoms with Crippen molar-refractivity contribution in [2.45, 2.75) is 26.3 Å². The molecule has 1 aromatic carbocycles. The SMILES string of the molecule is CCOc1cccc(CN2CCCC(CO)C2)c1O. The maximum atomic E-state index is 10.2. The number of aliphatic hydroxyl groups is 1. The smallest absolute Gasteiger partial charge is 0.162 e. The van der Waals surface area contributed by atoms with Gasteiger partial charge < -0.3 is 14.9 Å². The van der Waals surface area contributed by atoms with Crippen molar-refractivity contribution in [2.75, 3.05) is 26.3 Å². The fourth-order valence-electron chi connectivity index (χ4n) is 2.65. The summed E-state index contributed by atoms with van der Waals surface area (Å²) < 4.78 is 5.40. The Labute approximate surface area is 114 Å². The predicted octanol–water partition coefficient (Wildman–Crippen LogP) is 2.00. The van der Waals surface area contributed by atoms with E-state index in [-0.39, 0.29) is 12.4 Å². The molecule has 1 aromatic rings. The number of piperidine rings is 1. The summed E-state index contributed by atoms with van der Waals surface area (Å²) in [5.41, 5.74) is 0.893. The number of phenolic OH excluding ortho intramolecular Hbond substituents is 1. The highest BCUT2D eigenvalue weighted by Gasteiger charge is 2.20. The Hall–Kier alpha value is -1.26. The van der Waals surface area contributed by atoms with Crippen molar-refractivity contribution in [3.8, 4) is 11.5 Å². The normalized spacial score (nSPS) is 20.4. The molecule has 1 unspecified atom stereocenters. The minimum Gasteiger partial charge on any atom is -0.504 e. The Morgan fingerprint density at radius 1 is 1.42 bits per heavy atom. The van der Waals surface area contributed by atoms with E-state index in [1.807, 2.05) is 19.1 Å². The second kappa shape index (κ2) is 6.78. The summed E-state index contributed by atoms with van der Waals surface area (Å²) >= 11 is 0. The van der Waals surface area contributed by atoms with Gasteiger partial charge in [0, 0.05) is 25.3 Å². The molecule has 19 heavy (non-hydrogen) atoms. The molecule has 0 amide bonds. The van der Waals surface area contributed by atoms with Crippen molar-refractivity contribution in [2.24, 2.45) is 5.92 Å². The number of hydrogen-bond acceptors (Lipinski definition) is 4. The van der Waals surface area contributed by atoms with Gasteiger partial charge >= 0.3 is 0 Å². The Balaban J connectivity index is 2.04. The average Bonchev–Trinajstić information content (AvgIpc) is 2.44. The van der Waals surface area contributed by atoms with Gasteiger partial charge in [0.25, 0.3) is 0 Å². The van der Waals surface area contributed by atoms with E-state index in [0.29, 0.717) is 24.8 Å². The molecule has 1 atom stereocenters. The van der Waals surface area contributed by atoms with Gasteiger partial charge in [0.15, 0.2) is 11.5 Å². The fraction of sp³-hybridized carbons (Fsp3) is 0.600. The summed E-state index contributed by atoms with van der Waals surface area (Å²) in [6.07, 6.45) is 2.20. The molecule has 106 valence electrons. The van der Waals surface area contributed by atoms with Crippen molar-refractivity contribution < 1.29 is 14.9 Å². The third-order valence-corrected chi connectivity index (χ3v) is 3.64. The van der Waals surface area contributed by atoms with E-state index in [2.05, 4.69) is 4.90 Å². The van der Waals surface area contributed by atoms with E-state index < -0.39 is 0 Å².